The van der Waals surface area contributed by atoms with Crippen LogP contribution in [0.25, 0.3) is 0 Å². The zero-order valence-corrected chi connectivity index (χ0v) is 12.2. The first-order chi connectivity index (χ1) is 7.68. The maximum Gasteiger partial charge on any atom is 0.0752 e. The lowest BCUT2D eigenvalue weighted by Gasteiger charge is -2.10. The van der Waals surface area contributed by atoms with Crippen molar-refractivity contribution in [3.63, 3.8) is 0 Å². The second kappa shape index (κ2) is 5.16. The predicted octanol–water partition coefficient (Wildman–Crippen LogP) is 3.86. The summed E-state index contributed by atoms with van der Waals surface area (Å²) in [7, 11) is 0. The molecule has 0 bridgehead atoms. The lowest BCUT2D eigenvalue weighted by atomic mass is 10.3. The van der Waals surface area contributed by atoms with Crippen LogP contribution < -0.4 is 11.1 Å². The quantitative estimate of drug-likeness (QED) is 0.871. The van der Waals surface area contributed by atoms with Gasteiger partial charge in [-0.1, -0.05) is 0 Å². The molecule has 0 spiro atoms. The van der Waals surface area contributed by atoms with Crippen molar-refractivity contribution >= 4 is 54.6 Å². The van der Waals surface area contributed by atoms with Crippen LogP contribution in [0.4, 0.5) is 11.4 Å². The highest BCUT2D eigenvalue weighted by atomic mass is 79.9. The zero-order chi connectivity index (χ0) is 11.5. The van der Waals surface area contributed by atoms with Crippen LogP contribution in [-0.2, 0) is 6.54 Å². The van der Waals surface area contributed by atoms with E-state index in [0.717, 1.165) is 21.2 Å². The van der Waals surface area contributed by atoms with Crippen molar-refractivity contribution in [2.75, 3.05) is 11.1 Å². The third-order valence-electron chi connectivity index (χ3n) is 2.05. The Labute approximate surface area is 114 Å². The Morgan fingerprint density at radius 3 is 2.75 bits per heavy atom. The second-order valence-corrected chi connectivity index (χ2v) is 5.84. The Balaban J connectivity index is 2.14. The molecule has 3 nitrogen and oxygen atoms in total. The summed E-state index contributed by atoms with van der Waals surface area (Å²) >= 11 is 8.61. The summed E-state index contributed by atoms with van der Waals surface area (Å²) in [5, 5.41) is 5.34. The molecular weight excluding hydrogens is 354 g/mol. The van der Waals surface area contributed by atoms with E-state index in [-0.39, 0.29) is 0 Å². The second-order valence-electron chi connectivity index (χ2n) is 3.13. The van der Waals surface area contributed by atoms with Crippen LogP contribution in [0.5, 0.6) is 0 Å². The number of rotatable bonds is 3. The Morgan fingerprint density at radius 1 is 1.31 bits per heavy atom. The first-order valence-corrected chi connectivity index (χ1v) is 6.99. The summed E-state index contributed by atoms with van der Waals surface area (Å²) in [6.07, 6.45) is 3.36. The fourth-order valence-corrected chi connectivity index (χ4v) is 3.18. The number of nitrogens with zero attached hydrogens (tertiary/aromatic N) is 1. The van der Waals surface area contributed by atoms with E-state index in [4.69, 9.17) is 5.73 Å². The van der Waals surface area contributed by atoms with E-state index in [9.17, 15) is 0 Å². The van der Waals surface area contributed by atoms with Gasteiger partial charge in [0.2, 0.25) is 0 Å². The van der Waals surface area contributed by atoms with Gasteiger partial charge >= 0.3 is 0 Å². The number of hydrogen-bond donors (Lipinski definition) is 2. The molecule has 2 aromatic heterocycles. The summed E-state index contributed by atoms with van der Waals surface area (Å²) in [4.78, 5) is 5.23. The van der Waals surface area contributed by atoms with Crippen molar-refractivity contribution in [1.82, 2.24) is 4.98 Å². The van der Waals surface area contributed by atoms with Crippen LogP contribution in [0.3, 0.4) is 0 Å². The molecule has 0 aliphatic heterocycles. The van der Waals surface area contributed by atoms with Gasteiger partial charge in [0.1, 0.15) is 0 Å². The van der Waals surface area contributed by atoms with Crippen LogP contribution in [0.1, 0.15) is 4.88 Å². The van der Waals surface area contributed by atoms with Gasteiger partial charge in [0.25, 0.3) is 0 Å². The molecule has 0 aliphatic rings. The minimum absolute atomic E-state index is 0.641. The molecule has 0 amide bonds. The van der Waals surface area contributed by atoms with Crippen LogP contribution in [0.2, 0.25) is 0 Å². The van der Waals surface area contributed by atoms with Crippen LogP contribution in [0.15, 0.2) is 32.8 Å². The molecule has 6 heteroatoms. The highest BCUT2D eigenvalue weighted by molar-refractivity contribution is 9.11. The molecule has 0 saturated carbocycles. The standard InChI is InChI=1S/C10H9Br2N3S/c11-6-1-2-16-9(6)5-15-10-7(12)3-14-4-8(10)13/h1-4H,5,13H2,(H,14,15). The molecule has 0 unspecified atom stereocenters. The van der Waals surface area contributed by atoms with E-state index >= 15 is 0 Å². The van der Waals surface area contributed by atoms with Gasteiger partial charge in [-0.15, -0.1) is 11.3 Å². The molecule has 0 aliphatic carbocycles. The monoisotopic (exact) mass is 361 g/mol. The molecule has 2 heterocycles. The topological polar surface area (TPSA) is 50.9 Å². The average molecular weight is 363 g/mol. The summed E-state index contributed by atoms with van der Waals surface area (Å²) in [5.74, 6) is 0. The summed E-state index contributed by atoms with van der Waals surface area (Å²) in [6.45, 7) is 0.741. The first kappa shape index (κ1) is 11.9. The number of aromatic nitrogens is 1. The highest BCUT2D eigenvalue weighted by Crippen LogP contribution is 2.29. The van der Waals surface area contributed by atoms with Gasteiger partial charge in [-0.05, 0) is 43.3 Å². The predicted molar refractivity (Wildman–Crippen MR) is 75.7 cm³/mol. The molecule has 0 aromatic carbocycles. The zero-order valence-electron chi connectivity index (χ0n) is 8.21. The van der Waals surface area contributed by atoms with E-state index in [2.05, 4.69) is 42.2 Å². The van der Waals surface area contributed by atoms with Crippen LogP contribution >= 0.6 is 43.2 Å². The molecule has 0 atom stereocenters. The summed E-state index contributed by atoms with van der Waals surface area (Å²) < 4.78 is 1.99. The summed E-state index contributed by atoms with van der Waals surface area (Å²) in [5.41, 5.74) is 7.36. The number of nitrogens with two attached hydrogens (primary N) is 1. The van der Waals surface area contributed by atoms with Gasteiger partial charge in [-0.2, -0.15) is 0 Å². The number of hydrogen-bond acceptors (Lipinski definition) is 4. The van der Waals surface area contributed by atoms with E-state index in [0.29, 0.717) is 5.69 Å². The van der Waals surface area contributed by atoms with Gasteiger partial charge in [0.15, 0.2) is 0 Å². The molecule has 3 N–H and O–H groups in total. The Bertz CT molecular complexity index is 478. The van der Waals surface area contributed by atoms with Crippen molar-refractivity contribution in [1.29, 1.82) is 0 Å². The lowest BCUT2D eigenvalue weighted by molar-refractivity contribution is 1.17. The van der Waals surface area contributed by atoms with Gasteiger partial charge < -0.3 is 11.1 Å². The van der Waals surface area contributed by atoms with Crippen LogP contribution in [0, 0.1) is 0 Å². The molecule has 0 saturated heterocycles. The van der Waals surface area contributed by atoms with Gasteiger partial charge in [0, 0.05) is 15.5 Å². The first-order valence-electron chi connectivity index (χ1n) is 4.53. The number of halogens is 2. The van der Waals surface area contributed by atoms with Gasteiger partial charge in [-0.3, -0.25) is 4.98 Å². The molecule has 0 radical (unpaired) electrons. The maximum atomic E-state index is 5.84. The largest absolute Gasteiger partial charge is 0.396 e. The Morgan fingerprint density at radius 2 is 2.12 bits per heavy atom. The SMILES string of the molecule is Nc1cncc(Br)c1NCc1sccc1Br. The van der Waals surface area contributed by atoms with Gasteiger partial charge in [-0.25, -0.2) is 0 Å². The van der Waals surface area contributed by atoms with Crippen molar-refractivity contribution in [3.8, 4) is 0 Å². The molecule has 2 rings (SSSR count). The number of nitrogens with one attached hydrogen (secondary N) is 1. The van der Waals surface area contributed by atoms with Crippen molar-refractivity contribution in [2.45, 2.75) is 6.54 Å². The minimum atomic E-state index is 0.641. The van der Waals surface area contributed by atoms with E-state index in [1.165, 1.54) is 4.88 Å². The van der Waals surface area contributed by atoms with Crippen molar-refractivity contribution in [2.24, 2.45) is 0 Å². The Hall–Kier alpha value is -0.590. The average Bonchev–Trinajstić information content (AvgIpc) is 2.64. The third-order valence-corrected chi connectivity index (χ3v) is 4.57. The van der Waals surface area contributed by atoms with Gasteiger partial charge in [0.05, 0.1) is 28.6 Å². The maximum absolute atomic E-state index is 5.84. The van der Waals surface area contributed by atoms with E-state index in [1.807, 2.05) is 11.4 Å². The lowest BCUT2D eigenvalue weighted by Crippen LogP contribution is -2.02. The highest BCUT2D eigenvalue weighted by Gasteiger charge is 2.06. The van der Waals surface area contributed by atoms with Crippen molar-refractivity contribution < 1.29 is 0 Å². The molecular formula is C10H9Br2N3S. The normalized spacial score (nSPS) is 10.4. The van der Waals surface area contributed by atoms with E-state index < -0.39 is 0 Å². The molecule has 2 aromatic rings. The number of pyridine rings is 1. The fourth-order valence-electron chi connectivity index (χ4n) is 1.26. The number of thiophene rings is 1. The van der Waals surface area contributed by atoms with E-state index in [1.54, 1.807) is 23.7 Å². The summed E-state index contributed by atoms with van der Waals surface area (Å²) in [6, 6.07) is 2.03. The smallest absolute Gasteiger partial charge is 0.0752 e. The number of nitrogen functional groups attached to an aromatic ring is 1. The van der Waals surface area contributed by atoms with Crippen LogP contribution in [-0.4, -0.2) is 4.98 Å². The molecule has 84 valence electrons. The molecule has 0 fully saturated rings. The minimum Gasteiger partial charge on any atom is -0.396 e. The number of anilines is 2. The van der Waals surface area contributed by atoms with Crippen molar-refractivity contribution in [3.05, 3.63) is 37.7 Å². The Kier molecular flexibility index (Phi) is 3.83. The third kappa shape index (κ3) is 2.56. The molecule has 16 heavy (non-hydrogen) atoms. The fraction of sp³-hybridized carbons (Fsp3) is 0.100.